The molecule has 4 rings (SSSR count). The lowest BCUT2D eigenvalue weighted by molar-refractivity contribution is 0.146. The number of nitrogens with one attached hydrogen (secondary N) is 1. The number of hydrogen-bond acceptors (Lipinski definition) is 6. The maximum absolute atomic E-state index is 12.6. The Labute approximate surface area is 183 Å². The lowest BCUT2D eigenvalue weighted by Crippen LogP contribution is -1.98. The van der Waals surface area contributed by atoms with Gasteiger partial charge in [-0.25, -0.2) is 27.2 Å². The molecule has 0 radical (unpaired) electrons. The van der Waals surface area contributed by atoms with E-state index in [1.165, 1.54) is 30.5 Å². The highest BCUT2D eigenvalue weighted by Crippen LogP contribution is 2.23. The van der Waals surface area contributed by atoms with Crippen LogP contribution in [-0.2, 0) is 9.84 Å². The second-order valence-corrected chi connectivity index (χ2v) is 8.91. The largest absolute Gasteiger partial charge is 0.340 e. The molecule has 32 heavy (non-hydrogen) atoms. The van der Waals surface area contributed by atoms with Crippen LogP contribution in [0.25, 0.3) is 10.8 Å². The quantitative estimate of drug-likeness (QED) is 0.461. The zero-order valence-corrected chi connectivity index (χ0v) is 17.6. The van der Waals surface area contributed by atoms with Gasteiger partial charge in [-0.2, -0.15) is 0 Å². The van der Waals surface area contributed by atoms with Gasteiger partial charge in [0.1, 0.15) is 17.2 Å². The minimum atomic E-state index is -3.27. The molecule has 3 heterocycles. The van der Waals surface area contributed by atoms with E-state index in [-0.39, 0.29) is 10.6 Å². The van der Waals surface area contributed by atoms with Crippen molar-refractivity contribution in [2.75, 3.05) is 11.6 Å². The Kier molecular flexibility index (Phi) is 5.79. The number of alkyl halides is 2. The smallest absolute Gasteiger partial charge is 0.280 e. The Morgan fingerprint density at radius 1 is 0.938 bits per heavy atom. The fourth-order valence-electron chi connectivity index (χ4n) is 2.91. The van der Waals surface area contributed by atoms with Crippen molar-refractivity contribution in [2.24, 2.45) is 0 Å². The first kappa shape index (κ1) is 21.3. The van der Waals surface area contributed by atoms with Gasteiger partial charge in [-0.15, -0.1) is 0 Å². The Balaban J connectivity index is 1.62. The van der Waals surface area contributed by atoms with Crippen molar-refractivity contribution in [3.05, 3.63) is 84.1 Å². The van der Waals surface area contributed by atoms with Crippen molar-refractivity contribution in [3.63, 3.8) is 0 Å². The summed E-state index contributed by atoms with van der Waals surface area (Å²) in [4.78, 5) is 12.6. The fourth-order valence-corrected chi connectivity index (χ4v) is 3.54. The molecule has 0 bridgehead atoms. The van der Waals surface area contributed by atoms with Crippen molar-refractivity contribution in [3.8, 4) is 11.8 Å². The Hall–Kier alpha value is -3.90. The minimum absolute atomic E-state index is 0.229. The zero-order chi connectivity index (χ0) is 22.7. The summed E-state index contributed by atoms with van der Waals surface area (Å²) >= 11 is 0. The van der Waals surface area contributed by atoms with Crippen LogP contribution in [0, 0.1) is 11.8 Å². The van der Waals surface area contributed by atoms with Gasteiger partial charge in [0.25, 0.3) is 6.43 Å². The number of halogens is 2. The Morgan fingerprint density at radius 3 is 2.38 bits per heavy atom. The van der Waals surface area contributed by atoms with Gasteiger partial charge in [0, 0.05) is 46.9 Å². The standard InChI is InChI=1S/C23H16F2N4O2S/c1-32(30,31)18-6-4-17(5-7-18)29-22-12-19-16(14-28-22)10-11-26-20(19)8-2-15-3-9-21(23(24)25)27-13-15/h3-7,9-14,23H,1H3,(H,28,29). The van der Waals surface area contributed by atoms with E-state index in [4.69, 9.17) is 0 Å². The van der Waals surface area contributed by atoms with Crippen LogP contribution in [0.4, 0.5) is 20.3 Å². The van der Waals surface area contributed by atoms with Gasteiger partial charge >= 0.3 is 0 Å². The zero-order valence-electron chi connectivity index (χ0n) is 16.8. The molecule has 0 amide bonds. The van der Waals surface area contributed by atoms with Crippen LogP contribution >= 0.6 is 0 Å². The van der Waals surface area contributed by atoms with Gasteiger partial charge in [0.15, 0.2) is 9.84 Å². The second kappa shape index (κ2) is 8.69. The number of fused-ring (bicyclic) bond motifs is 1. The molecule has 0 aliphatic heterocycles. The molecule has 0 aliphatic carbocycles. The molecule has 1 aromatic carbocycles. The van der Waals surface area contributed by atoms with E-state index in [9.17, 15) is 17.2 Å². The second-order valence-electron chi connectivity index (χ2n) is 6.89. The molecule has 0 saturated heterocycles. The van der Waals surface area contributed by atoms with Gasteiger partial charge in [-0.05, 0) is 54.5 Å². The number of aromatic nitrogens is 3. The highest BCUT2D eigenvalue weighted by Gasteiger charge is 2.08. The molecule has 0 saturated carbocycles. The van der Waals surface area contributed by atoms with Gasteiger partial charge in [0.05, 0.1) is 4.90 Å². The van der Waals surface area contributed by atoms with E-state index < -0.39 is 16.3 Å². The minimum Gasteiger partial charge on any atom is -0.340 e. The van der Waals surface area contributed by atoms with E-state index >= 15 is 0 Å². The maximum Gasteiger partial charge on any atom is 0.280 e. The monoisotopic (exact) mass is 450 g/mol. The molecule has 1 N–H and O–H groups in total. The lowest BCUT2D eigenvalue weighted by Gasteiger charge is -2.08. The number of hydrogen-bond donors (Lipinski definition) is 1. The third-order valence-corrected chi connectivity index (χ3v) is 5.67. The number of pyridine rings is 3. The van der Waals surface area contributed by atoms with E-state index in [1.807, 2.05) is 0 Å². The molecule has 4 aromatic rings. The lowest BCUT2D eigenvalue weighted by atomic mass is 10.1. The van der Waals surface area contributed by atoms with Crippen molar-refractivity contribution >= 4 is 32.1 Å². The van der Waals surface area contributed by atoms with Gasteiger partial charge in [-0.1, -0.05) is 5.92 Å². The highest BCUT2D eigenvalue weighted by atomic mass is 32.2. The molecular formula is C23H16F2N4O2S. The molecule has 0 fully saturated rings. The van der Waals surface area contributed by atoms with Gasteiger partial charge < -0.3 is 5.32 Å². The first-order valence-corrected chi connectivity index (χ1v) is 11.3. The van der Waals surface area contributed by atoms with E-state index in [0.29, 0.717) is 22.8 Å². The Bertz CT molecular complexity index is 1440. The van der Waals surface area contributed by atoms with Crippen LogP contribution in [0.2, 0.25) is 0 Å². The summed E-state index contributed by atoms with van der Waals surface area (Å²) in [6, 6.07) is 12.7. The van der Waals surface area contributed by atoms with E-state index in [1.54, 1.807) is 36.7 Å². The summed E-state index contributed by atoms with van der Waals surface area (Å²) in [6.07, 6.45) is 3.11. The summed E-state index contributed by atoms with van der Waals surface area (Å²) in [7, 11) is -3.27. The summed E-state index contributed by atoms with van der Waals surface area (Å²) in [5.74, 6) is 6.38. The number of anilines is 2. The summed E-state index contributed by atoms with van der Waals surface area (Å²) < 4.78 is 48.5. The van der Waals surface area contributed by atoms with Gasteiger partial charge in [-0.3, -0.25) is 4.98 Å². The molecular weight excluding hydrogens is 434 g/mol. The summed E-state index contributed by atoms with van der Waals surface area (Å²) in [6.45, 7) is 0. The molecule has 0 spiro atoms. The van der Waals surface area contributed by atoms with Crippen LogP contribution < -0.4 is 5.32 Å². The average Bonchev–Trinajstić information content (AvgIpc) is 2.77. The van der Waals surface area contributed by atoms with E-state index in [2.05, 4.69) is 32.1 Å². The molecule has 9 heteroatoms. The molecule has 0 unspecified atom stereocenters. The third-order valence-electron chi connectivity index (χ3n) is 4.54. The van der Waals surface area contributed by atoms with Crippen molar-refractivity contribution in [2.45, 2.75) is 11.3 Å². The first-order chi connectivity index (χ1) is 15.3. The first-order valence-electron chi connectivity index (χ1n) is 9.37. The van der Waals surface area contributed by atoms with Crippen LogP contribution in [0.15, 0.2) is 72.0 Å². The van der Waals surface area contributed by atoms with Crippen LogP contribution in [0.1, 0.15) is 23.4 Å². The SMILES string of the molecule is CS(=O)(=O)c1ccc(Nc2cc3c(C#Cc4ccc(C(F)F)nc4)nccc3cn2)cc1. The number of rotatable bonds is 4. The summed E-state index contributed by atoms with van der Waals surface area (Å²) in [5.41, 5.74) is 1.36. The summed E-state index contributed by atoms with van der Waals surface area (Å²) in [5, 5.41) is 4.71. The molecule has 0 atom stereocenters. The predicted molar refractivity (Wildman–Crippen MR) is 118 cm³/mol. The number of sulfone groups is 1. The average molecular weight is 450 g/mol. The molecule has 0 aliphatic rings. The maximum atomic E-state index is 12.6. The van der Waals surface area contributed by atoms with E-state index in [0.717, 1.165) is 17.0 Å². The van der Waals surface area contributed by atoms with Crippen LogP contribution in [-0.4, -0.2) is 29.6 Å². The molecule has 6 nitrogen and oxygen atoms in total. The fraction of sp³-hybridized carbons (Fsp3) is 0.0870. The molecule has 160 valence electrons. The highest BCUT2D eigenvalue weighted by molar-refractivity contribution is 7.90. The van der Waals surface area contributed by atoms with Gasteiger partial charge in [0.2, 0.25) is 0 Å². The normalized spacial score (nSPS) is 11.2. The number of benzene rings is 1. The van der Waals surface area contributed by atoms with Crippen LogP contribution in [0.5, 0.6) is 0 Å². The number of nitrogens with zero attached hydrogens (tertiary/aromatic N) is 3. The Morgan fingerprint density at radius 2 is 1.72 bits per heavy atom. The van der Waals surface area contributed by atoms with Crippen LogP contribution in [0.3, 0.4) is 0 Å². The molecule has 3 aromatic heterocycles. The third kappa shape index (κ3) is 4.87. The topological polar surface area (TPSA) is 84.8 Å². The van der Waals surface area contributed by atoms with Crippen molar-refractivity contribution in [1.29, 1.82) is 0 Å². The van der Waals surface area contributed by atoms with Crippen molar-refractivity contribution in [1.82, 2.24) is 15.0 Å². The van der Waals surface area contributed by atoms with Crippen molar-refractivity contribution < 1.29 is 17.2 Å². The predicted octanol–water partition coefficient (Wildman–Crippen LogP) is 4.51.